The van der Waals surface area contributed by atoms with E-state index in [1.807, 2.05) is 39.0 Å². The van der Waals surface area contributed by atoms with Crippen molar-refractivity contribution in [1.29, 1.82) is 0 Å². The van der Waals surface area contributed by atoms with Crippen molar-refractivity contribution in [2.24, 2.45) is 0 Å². The molecule has 0 radical (unpaired) electrons. The van der Waals surface area contributed by atoms with Gasteiger partial charge in [-0.3, -0.25) is 0 Å². The lowest BCUT2D eigenvalue weighted by Gasteiger charge is -2.40. The Morgan fingerprint density at radius 2 is 1.79 bits per heavy atom. The summed E-state index contributed by atoms with van der Waals surface area (Å²) in [6.45, 7) is 6.43. The van der Waals surface area contributed by atoms with E-state index in [2.05, 4.69) is 11.4 Å². The molecule has 3 rings (SSSR count). The smallest absolute Gasteiger partial charge is 0.335 e. The van der Waals surface area contributed by atoms with Gasteiger partial charge in [-0.25, -0.2) is 4.79 Å². The van der Waals surface area contributed by atoms with Gasteiger partial charge in [0.25, 0.3) is 0 Å². The second-order valence-corrected chi connectivity index (χ2v) is 9.95. The first-order chi connectivity index (χ1) is 15.6. The highest BCUT2D eigenvalue weighted by atomic mass is 16.7. The molecule has 5 N–H and O–H groups in total. The molecule has 0 spiro atoms. The second-order valence-electron chi connectivity index (χ2n) is 9.95. The molecule has 1 aromatic carbocycles. The number of hydrogen-bond acceptors (Lipinski definition) is 8. The first kappa shape index (κ1) is 25.9. The van der Waals surface area contributed by atoms with E-state index >= 15 is 0 Å². The van der Waals surface area contributed by atoms with Crippen molar-refractivity contribution in [3.05, 3.63) is 29.8 Å². The molecule has 0 bridgehead atoms. The Hall–Kier alpha value is -1.75. The summed E-state index contributed by atoms with van der Waals surface area (Å²) in [5, 5.41) is 43.0. The standard InChI is InChI=1S/C24H37NO8/c1-24(2,3)25-12-15(32-23-20(28)18(26)19(27)21(33-23)22(29)30)13-31-17-11-7-6-10-16(17)14-8-4-5-9-14/h6-7,10-11,14-15,18-21,23,25-28H,4-5,8-9,12-13H2,1-3H3,(H,29,30)/t15-,18-,19-,20+,21-,23+/m0/s1. The van der Waals surface area contributed by atoms with Gasteiger partial charge >= 0.3 is 5.97 Å². The van der Waals surface area contributed by atoms with Crippen LogP contribution < -0.4 is 10.1 Å². The van der Waals surface area contributed by atoms with Gasteiger partial charge in [-0.2, -0.15) is 0 Å². The number of hydrogen-bond donors (Lipinski definition) is 5. The van der Waals surface area contributed by atoms with Gasteiger partial charge in [0.1, 0.15) is 36.8 Å². The van der Waals surface area contributed by atoms with Crippen LogP contribution in [0.4, 0.5) is 0 Å². The summed E-state index contributed by atoms with van der Waals surface area (Å²) < 4.78 is 17.3. The summed E-state index contributed by atoms with van der Waals surface area (Å²) in [6, 6.07) is 7.92. The molecule has 1 saturated carbocycles. The van der Waals surface area contributed by atoms with E-state index < -0.39 is 42.8 Å². The molecule has 9 heteroatoms. The molecular formula is C24H37NO8. The highest BCUT2D eigenvalue weighted by molar-refractivity contribution is 5.73. The van der Waals surface area contributed by atoms with E-state index in [-0.39, 0.29) is 12.1 Å². The molecule has 1 aliphatic heterocycles. The molecule has 33 heavy (non-hydrogen) atoms. The van der Waals surface area contributed by atoms with Crippen LogP contribution in [-0.2, 0) is 14.3 Å². The van der Waals surface area contributed by atoms with E-state index in [1.165, 1.54) is 12.8 Å². The van der Waals surface area contributed by atoms with Crippen molar-refractivity contribution >= 4 is 5.97 Å². The highest BCUT2D eigenvalue weighted by Gasteiger charge is 2.48. The van der Waals surface area contributed by atoms with Gasteiger partial charge in [-0.05, 0) is 51.2 Å². The topological polar surface area (TPSA) is 138 Å². The Morgan fingerprint density at radius 3 is 2.42 bits per heavy atom. The molecule has 2 fully saturated rings. The summed E-state index contributed by atoms with van der Waals surface area (Å²) in [7, 11) is 0. The molecular weight excluding hydrogens is 430 g/mol. The predicted molar refractivity (Wildman–Crippen MR) is 120 cm³/mol. The number of ether oxygens (including phenoxy) is 3. The molecule has 1 heterocycles. The van der Waals surface area contributed by atoms with Crippen LogP contribution in [0.15, 0.2) is 24.3 Å². The molecule has 1 saturated heterocycles. The van der Waals surface area contributed by atoms with Crippen molar-refractivity contribution in [2.75, 3.05) is 13.2 Å². The van der Waals surface area contributed by atoms with Crippen LogP contribution in [0.2, 0.25) is 0 Å². The average Bonchev–Trinajstić information content (AvgIpc) is 3.29. The SMILES string of the molecule is CC(C)(C)NC[C@@H](COc1ccccc1C1CCCC1)O[C@@H]1O[C@H](C(=O)O)[C@@H](O)[C@H](O)[C@H]1O. The predicted octanol–water partition coefficient (Wildman–Crippen LogP) is 1.39. The van der Waals surface area contributed by atoms with Crippen LogP contribution >= 0.6 is 0 Å². The number of carboxylic acid groups (broad SMARTS) is 1. The lowest BCUT2D eigenvalue weighted by atomic mass is 9.97. The molecule has 1 aliphatic carbocycles. The minimum absolute atomic E-state index is 0.121. The van der Waals surface area contributed by atoms with Crippen LogP contribution in [-0.4, -0.2) is 81.9 Å². The largest absolute Gasteiger partial charge is 0.491 e. The Kier molecular flexibility index (Phi) is 8.71. The lowest BCUT2D eigenvalue weighted by molar-refractivity contribution is -0.305. The number of aliphatic carboxylic acids is 1. The minimum atomic E-state index is -1.77. The number of carboxylic acids is 1. The van der Waals surface area contributed by atoms with Gasteiger partial charge in [0, 0.05) is 12.1 Å². The third kappa shape index (κ3) is 6.88. The van der Waals surface area contributed by atoms with Crippen LogP contribution in [0.5, 0.6) is 5.75 Å². The fraction of sp³-hybridized carbons (Fsp3) is 0.708. The molecule has 0 unspecified atom stereocenters. The van der Waals surface area contributed by atoms with Gasteiger partial charge in [0.05, 0.1) is 0 Å². The number of nitrogens with one attached hydrogen (secondary N) is 1. The maximum atomic E-state index is 11.4. The molecule has 2 aliphatic rings. The van der Waals surface area contributed by atoms with Crippen molar-refractivity contribution in [3.8, 4) is 5.75 Å². The minimum Gasteiger partial charge on any atom is -0.491 e. The molecule has 0 aromatic heterocycles. The Balaban J connectivity index is 1.72. The van der Waals surface area contributed by atoms with E-state index in [1.54, 1.807) is 0 Å². The zero-order chi connectivity index (χ0) is 24.2. The van der Waals surface area contributed by atoms with Gasteiger partial charge in [0.2, 0.25) is 0 Å². The van der Waals surface area contributed by atoms with E-state index in [0.717, 1.165) is 24.2 Å². The van der Waals surface area contributed by atoms with E-state index in [9.17, 15) is 25.2 Å². The lowest BCUT2D eigenvalue weighted by Crippen LogP contribution is -2.61. The Morgan fingerprint density at radius 1 is 1.12 bits per heavy atom. The van der Waals surface area contributed by atoms with Crippen molar-refractivity contribution < 1.29 is 39.4 Å². The maximum Gasteiger partial charge on any atom is 0.335 e. The number of aliphatic hydroxyl groups is 3. The molecule has 1 aromatic rings. The zero-order valence-corrected chi connectivity index (χ0v) is 19.5. The fourth-order valence-electron chi connectivity index (χ4n) is 4.29. The van der Waals surface area contributed by atoms with Gasteiger partial charge in [-0.15, -0.1) is 0 Å². The third-order valence-corrected chi connectivity index (χ3v) is 6.14. The van der Waals surface area contributed by atoms with Gasteiger partial charge < -0.3 is 40.0 Å². The number of aliphatic hydroxyl groups excluding tert-OH is 3. The van der Waals surface area contributed by atoms with Crippen molar-refractivity contribution in [1.82, 2.24) is 5.32 Å². The molecule has 186 valence electrons. The van der Waals surface area contributed by atoms with Crippen LogP contribution in [0, 0.1) is 0 Å². The molecule has 6 atom stereocenters. The van der Waals surface area contributed by atoms with Crippen LogP contribution in [0.25, 0.3) is 0 Å². The monoisotopic (exact) mass is 467 g/mol. The zero-order valence-electron chi connectivity index (χ0n) is 19.5. The first-order valence-corrected chi connectivity index (χ1v) is 11.6. The summed E-state index contributed by atoms with van der Waals surface area (Å²) in [4.78, 5) is 11.4. The number of carbonyl (C=O) groups is 1. The van der Waals surface area contributed by atoms with Crippen molar-refractivity contribution in [2.45, 2.75) is 94.7 Å². The average molecular weight is 468 g/mol. The van der Waals surface area contributed by atoms with Crippen LogP contribution in [0.1, 0.15) is 57.9 Å². The third-order valence-electron chi connectivity index (χ3n) is 6.14. The number of para-hydroxylation sites is 1. The summed E-state index contributed by atoms with van der Waals surface area (Å²) in [5.74, 6) is -0.212. The van der Waals surface area contributed by atoms with E-state index in [0.29, 0.717) is 12.5 Å². The summed E-state index contributed by atoms with van der Waals surface area (Å²) in [5.41, 5.74) is 0.935. The number of benzene rings is 1. The quantitative estimate of drug-likeness (QED) is 0.365. The van der Waals surface area contributed by atoms with Crippen molar-refractivity contribution in [3.63, 3.8) is 0 Å². The number of rotatable bonds is 9. The maximum absolute atomic E-state index is 11.4. The molecule has 0 amide bonds. The fourth-order valence-corrected chi connectivity index (χ4v) is 4.29. The Labute approximate surface area is 194 Å². The highest BCUT2D eigenvalue weighted by Crippen LogP contribution is 2.38. The molecule has 9 nitrogen and oxygen atoms in total. The normalized spacial score (nSPS) is 29.7. The first-order valence-electron chi connectivity index (χ1n) is 11.6. The van der Waals surface area contributed by atoms with Gasteiger partial charge in [0.15, 0.2) is 12.4 Å². The summed E-state index contributed by atoms with van der Waals surface area (Å²) in [6.07, 6.45) is -4.21. The van der Waals surface area contributed by atoms with Crippen LogP contribution in [0.3, 0.4) is 0 Å². The van der Waals surface area contributed by atoms with Gasteiger partial charge in [-0.1, -0.05) is 31.0 Å². The Bertz CT molecular complexity index is 776. The summed E-state index contributed by atoms with van der Waals surface area (Å²) >= 11 is 0. The van der Waals surface area contributed by atoms with E-state index in [4.69, 9.17) is 14.2 Å². The second kappa shape index (κ2) is 11.1.